The molecule has 17 heavy (non-hydrogen) atoms. The van der Waals surface area contributed by atoms with E-state index < -0.39 is 14.8 Å². The lowest BCUT2D eigenvalue weighted by atomic mass is 10.2. The average molecular weight is 262 g/mol. The molecule has 0 spiro atoms. The zero-order chi connectivity index (χ0) is 13.5. The van der Waals surface area contributed by atoms with E-state index >= 15 is 0 Å². The molecule has 0 amide bonds. The number of aliphatic carboxylic acids is 1. The molecule has 0 aliphatic carbocycles. The Labute approximate surface area is 104 Å². The number of carboxylic acid groups (broad SMARTS) is 1. The molecule has 0 saturated carbocycles. The second kappa shape index (κ2) is 7.60. The van der Waals surface area contributed by atoms with Crippen molar-refractivity contribution in [2.75, 3.05) is 21.3 Å². The van der Waals surface area contributed by atoms with Crippen LogP contribution >= 0.6 is 0 Å². The monoisotopic (exact) mass is 262 g/mol. The van der Waals surface area contributed by atoms with Gasteiger partial charge in [0.25, 0.3) is 0 Å². The predicted octanol–water partition coefficient (Wildman–Crippen LogP) is 1.99. The highest BCUT2D eigenvalue weighted by atomic mass is 28.4. The average Bonchev–Trinajstić information content (AvgIpc) is 2.34. The number of carboxylic acids is 1. The summed E-state index contributed by atoms with van der Waals surface area (Å²) in [6.45, 7) is 3.61. The number of hydrogen-bond acceptors (Lipinski definition) is 4. The van der Waals surface area contributed by atoms with E-state index in [2.05, 4.69) is 0 Å². The summed E-state index contributed by atoms with van der Waals surface area (Å²) in [6.07, 6.45) is 2.47. The summed E-state index contributed by atoms with van der Waals surface area (Å²) in [5.41, 5.74) is 0.260. The van der Waals surface area contributed by atoms with Crippen LogP contribution in [0.4, 0.5) is 0 Å². The minimum absolute atomic E-state index is 0.260. The van der Waals surface area contributed by atoms with E-state index in [4.69, 9.17) is 18.4 Å². The van der Waals surface area contributed by atoms with Gasteiger partial charge in [-0.1, -0.05) is 13.3 Å². The summed E-state index contributed by atoms with van der Waals surface area (Å²) in [6, 6.07) is 0. The maximum absolute atomic E-state index is 11.1. The molecule has 5 nitrogen and oxygen atoms in total. The highest BCUT2D eigenvalue weighted by Gasteiger charge is 2.44. The van der Waals surface area contributed by atoms with Crippen LogP contribution in [0.25, 0.3) is 0 Å². The van der Waals surface area contributed by atoms with Crippen LogP contribution in [0, 0.1) is 0 Å². The van der Waals surface area contributed by atoms with E-state index in [0.717, 1.165) is 12.8 Å². The van der Waals surface area contributed by atoms with Crippen LogP contribution in [0.5, 0.6) is 0 Å². The Balaban J connectivity index is 5.42. The number of carbonyl (C=O) groups is 1. The molecule has 0 unspecified atom stereocenters. The zero-order valence-electron chi connectivity index (χ0n) is 11.2. The van der Waals surface area contributed by atoms with Crippen molar-refractivity contribution in [3.05, 3.63) is 10.8 Å². The normalized spacial score (nSPS) is 13.5. The van der Waals surface area contributed by atoms with Crippen molar-refractivity contribution in [1.29, 1.82) is 0 Å². The first-order valence-corrected chi connectivity index (χ1v) is 7.30. The summed E-state index contributed by atoms with van der Waals surface area (Å²) < 4.78 is 16.0. The maximum atomic E-state index is 11.1. The summed E-state index contributed by atoms with van der Waals surface area (Å²) in [4.78, 5) is 11.1. The SMILES string of the molecule is CCCCC(=C(C)C(=O)O)[Si](OC)(OC)OC. The second-order valence-corrected chi connectivity index (χ2v) is 6.62. The smallest absolute Gasteiger partial charge is 0.478 e. The third-order valence-corrected chi connectivity index (χ3v) is 5.71. The molecule has 0 saturated heterocycles. The van der Waals surface area contributed by atoms with E-state index in [1.807, 2.05) is 6.92 Å². The Morgan fingerprint density at radius 1 is 1.18 bits per heavy atom. The third-order valence-electron chi connectivity index (χ3n) is 2.73. The lowest BCUT2D eigenvalue weighted by Gasteiger charge is -2.28. The lowest BCUT2D eigenvalue weighted by molar-refractivity contribution is -0.132. The molecule has 0 aliphatic rings. The zero-order valence-corrected chi connectivity index (χ0v) is 12.2. The first kappa shape index (κ1) is 16.3. The van der Waals surface area contributed by atoms with Gasteiger partial charge in [-0.25, -0.2) is 4.79 Å². The van der Waals surface area contributed by atoms with Gasteiger partial charge < -0.3 is 18.4 Å². The molecule has 1 N–H and O–H groups in total. The molecule has 0 fully saturated rings. The van der Waals surface area contributed by atoms with Gasteiger partial charge in [0.05, 0.1) is 0 Å². The molecular formula is C11H22O5Si. The standard InChI is InChI=1S/C11H22O5Si/c1-6-7-8-10(9(2)11(12)13)17(14-3,15-4)16-5/h6-8H2,1-5H3,(H,12,13). The largest absolute Gasteiger partial charge is 0.532 e. The molecule has 100 valence electrons. The van der Waals surface area contributed by atoms with E-state index in [-0.39, 0.29) is 5.57 Å². The summed E-state index contributed by atoms with van der Waals surface area (Å²) in [5.74, 6) is -0.959. The van der Waals surface area contributed by atoms with Crippen molar-refractivity contribution in [2.24, 2.45) is 0 Å². The maximum Gasteiger partial charge on any atom is 0.532 e. The molecule has 0 atom stereocenters. The van der Waals surface area contributed by atoms with Crippen molar-refractivity contribution in [3.63, 3.8) is 0 Å². The van der Waals surface area contributed by atoms with Crippen LogP contribution in [0.1, 0.15) is 33.1 Å². The van der Waals surface area contributed by atoms with Crippen molar-refractivity contribution in [3.8, 4) is 0 Å². The van der Waals surface area contributed by atoms with E-state index in [0.29, 0.717) is 11.6 Å². The molecule has 0 radical (unpaired) electrons. The summed E-state index contributed by atoms with van der Waals surface area (Å²) >= 11 is 0. The van der Waals surface area contributed by atoms with Gasteiger partial charge in [0.1, 0.15) is 0 Å². The van der Waals surface area contributed by atoms with Crippen LogP contribution in [0.3, 0.4) is 0 Å². The van der Waals surface area contributed by atoms with Gasteiger partial charge in [0, 0.05) is 32.1 Å². The Morgan fingerprint density at radius 3 is 1.94 bits per heavy atom. The Kier molecular flexibility index (Phi) is 7.29. The topological polar surface area (TPSA) is 65.0 Å². The molecule has 0 aromatic rings. The van der Waals surface area contributed by atoms with Crippen LogP contribution in [0.2, 0.25) is 0 Å². The molecule has 0 aromatic heterocycles. The van der Waals surface area contributed by atoms with E-state index in [9.17, 15) is 4.79 Å². The fourth-order valence-corrected chi connectivity index (χ4v) is 3.96. The third kappa shape index (κ3) is 3.92. The van der Waals surface area contributed by atoms with Gasteiger partial charge in [-0.05, 0) is 19.8 Å². The fourth-order valence-electron chi connectivity index (χ4n) is 1.67. The molecule has 0 bridgehead atoms. The van der Waals surface area contributed by atoms with Crippen LogP contribution < -0.4 is 0 Å². The van der Waals surface area contributed by atoms with Gasteiger partial charge in [-0.3, -0.25) is 0 Å². The molecule has 0 heterocycles. The lowest BCUT2D eigenvalue weighted by Crippen LogP contribution is -2.46. The number of hydrogen-bond donors (Lipinski definition) is 1. The Bertz CT molecular complexity index is 275. The van der Waals surface area contributed by atoms with Gasteiger partial charge in [0.15, 0.2) is 0 Å². The first-order chi connectivity index (χ1) is 7.98. The van der Waals surface area contributed by atoms with Crippen molar-refractivity contribution < 1.29 is 23.2 Å². The van der Waals surface area contributed by atoms with Crippen molar-refractivity contribution >= 4 is 14.8 Å². The summed E-state index contributed by atoms with van der Waals surface area (Å²) in [5, 5.41) is 9.75. The number of rotatable bonds is 8. The Hall–Kier alpha value is -0.693. The van der Waals surface area contributed by atoms with E-state index in [1.54, 1.807) is 6.92 Å². The molecule has 0 aromatic carbocycles. The molecular weight excluding hydrogens is 240 g/mol. The van der Waals surface area contributed by atoms with Crippen molar-refractivity contribution in [2.45, 2.75) is 33.1 Å². The minimum atomic E-state index is -3.01. The highest BCUT2D eigenvalue weighted by molar-refractivity contribution is 6.69. The van der Waals surface area contributed by atoms with Crippen LogP contribution in [-0.2, 0) is 18.1 Å². The quantitative estimate of drug-likeness (QED) is 0.535. The van der Waals surface area contributed by atoms with Crippen molar-refractivity contribution in [1.82, 2.24) is 0 Å². The fraction of sp³-hybridized carbons (Fsp3) is 0.727. The predicted molar refractivity (Wildman–Crippen MR) is 66.6 cm³/mol. The minimum Gasteiger partial charge on any atom is -0.478 e. The number of allylic oxidation sites excluding steroid dienone is 1. The first-order valence-electron chi connectivity index (χ1n) is 5.58. The summed E-state index contributed by atoms with van der Waals surface area (Å²) in [7, 11) is 1.45. The van der Waals surface area contributed by atoms with Crippen LogP contribution in [-0.4, -0.2) is 41.2 Å². The molecule has 0 aliphatic heterocycles. The second-order valence-electron chi connectivity index (χ2n) is 3.68. The van der Waals surface area contributed by atoms with Gasteiger partial charge in [0.2, 0.25) is 0 Å². The molecule has 6 heteroatoms. The van der Waals surface area contributed by atoms with E-state index in [1.165, 1.54) is 21.3 Å². The van der Waals surface area contributed by atoms with Crippen LogP contribution in [0.15, 0.2) is 10.8 Å². The molecule has 0 rings (SSSR count). The van der Waals surface area contributed by atoms with Gasteiger partial charge in [-0.15, -0.1) is 0 Å². The highest BCUT2D eigenvalue weighted by Crippen LogP contribution is 2.26. The van der Waals surface area contributed by atoms with Gasteiger partial charge >= 0.3 is 14.8 Å². The Morgan fingerprint density at radius 2 is 1.65 bits per heavy atom. The number of unbranched alkanes of at least 4 members (excludes halogenated alkanes) is 1. The van der Waals surface area contributed by atoms with Gasteiger partial charge in [-0.2, -0.15) is 0 Å².